The zero-order chi connectivity index (χ0) is 17.9. The fourth-order valence-electron chi connectivity index (χ4n) is 3.03. The lowest BCUT2D eigenvalue weighted by atomic mass is 9.91. The van der Waals surface area contributed by atoms with E-state index < -0.39 is 12.1 Å². The molecule has 0 amide bonds. The van der Waals surface area contributed by atoms with Crippen molar-refractivity contribution < 1.29 is 15.0 Å². The van der Waals surface area contributed by atoms with Crippen molar-refractivity contribution in [3.05, 3.63) is 60.2 Å². The molecule has 1 fully saturated rings. The van der Waals surface area contributed by atoms with Gasteiger partial charge in [-0.05, 0) is 48.2 Å². The molecule has 0 aliphatic carbocycles. The smallest absolute Gasteiger partial charge is 0.303 e. The van der Waals surface area contributed by atoms with Crippen LogP contribution in [0.2, 0.25) is 0 Å². The molecule has 2 rings (SSSR count). The van der Waals surface area contributed by atoms with Crippen LogP contribution in [0.15, 0.2) is 54.6 Å². The van der Waals surface area contributed by atoms with E-state index in [2.05, 4.69) is 18.2 Å². The molecule has 1 aromatic rings. The normalized spacial score (nSPS) is 22.0. The Morgan fingerprint density at radius 2 is 2.04 bits per heavy atom. The van der Waals surface area contributed by atoms with Gasteiger partial charge in [0, 0.05) is 12.8 Å². The predicted molar refractivity (Wildman–Crippen MR) is 105 cm³/mol. The number of allylic oxidation sites excluding steroid dienone is 3. The summed E-state index contributed by atoms with van der Waals surface area (Å²) in [6.45, 7) is 0. The van der Waals surface area contributed by atoms with E-state index in [0.29, 0.717) is 24.7 Å². The van der Waals surface area contributed by atoms with Crippen LogP contribution < -0.4 is 0 Å². The lowest BCUT2D eigenvalue weighted by Crippen LogP contribution is -2.12. The second-order valence-corrected chi connectivity index (χ2v) is 7.67. The van der Waals surface area contributed by atoms with Crippen LogP contribution in [0, 0.1) is 11.8 Å². The molecular formula is C21H28O3S. The standard InChI is InChI=1S/C21H28O3S/c22-20(14-17-8-4-3-5-9-17)13-12-19-16-25-15-18(19)10-6-1-2-7-11-21(23)24/h1,3-6,8-9,12-13,18-20,22H,2,7,10-11,14-16H2,(H,23,24)/t18-,19+,20?/m0/s1. The van der Waals surface area contributed by atoms with Crippen LogP contribution in [0.25, 0.3) is 0 Å². The summed E-state index contributed by atoms with van der Waals surface area (Å²) in [4.78, 5) is 10.5. The minimum absolute atomic E-state index is 0.244. The zero-order valence-electron chi connectivity index (χ0n) is 14.6. The number of carbonyl (C=O) groups is 1. The molecule has 1 unspecified atom stereocenters. The van der Waals surface area contributed by atoms with Crippen molar-refractivity contribution >= 4 is 17.7 Å². The zero-order valence-corrected chi connectivity index (χ0v) is 15.4. The Labute approximate surface area is 154 Å². The Morgan fingerprint density at radius 1 is 1.24 bits per heavy atom. The third kappa shape index (κ3) is 7.93. The first kappa shape index (κ1) is 19.8. The quantitative estimate of drug-likeness (QED) is 0.482. The number of benzene rings is 1. The second-order valence-electron chi connectivity index (χ2n) is 6.60. The van der Waals surface area contributed by atoms with Gasteiger partial charge >= 0.3 is 5.97 Å². The average Bonchev–Trinajstić information content (AvgIpc) is 3.04. The third-order valence-corrected chi connectivity index (χ3v) is 5.77. The Kier molecular flexibility index (Phi) is 8.84. The van der Waals surface area contributed by atoms with Gasteiger partial charge in [-0.3, -0.25) is 4.79 Å². The summed E-state index contributed by atoms with van der Waals surface area (Å²) in [5.74, 6) is 2.68. The fraction of sp³-hybridized carbons (Fsp3) is 0.476. The van der Waals surface area contributed by atoms with E-state index in [-0.39, 0.29) is 6.42 Å². The molecule has 25 heavy (non-hydrogen) atoms. The number of hydrogen-bond donors (Lipinski definition) is 2. The molecule has 0 bridgehead atoms. The van der Waals surface area contributed by atoms with Crippen molar-refractivity contribution in [2.24, 2.45) is 11.8 Å². The van der Waals surface area contributed by atoms with Crippen LogP contribution in [-0.4, -0.2) is 33.8 Å². The van der Waals surface area contributed by atoms with Crippen molar-refractivity contribution in [3.8, 4) is 0 Å². The summed E-state index contributed by atoms with van der Waals surface area (Å²) in [5.41, 5.74) is 1.15. The highest BCUT2D eigenvalue weighted by Gasteiger charge is 2.24. The first-order valence-electron chi connectivity index (χ1n) is 9.00. The van der Waals surface area contributed by atoms with Gasteiger partial charge in [0.15, 0.2) is 0 Å². The molecule has 2 N–H and O–H groups in total. The molecule has 3 nitrogen and oxygen atoms in total. The van der Waals surface area contributed by atoms with Gasteiger partial charge in [0.1, 0.15) is 0 Å². The Balaban J connectivity index is 1.72. The highest BCUT2D eigenvalue weighted by Crippen LogP contribution is 2.33. The number of aliphatic hydroxyl groups is 1. The average molecular weight is 361 g/mol. The molecule has 1 saturated heterocycles. The minimum Gasteiger partial charge on any atom is -0.481 e. The maximum Gasteiger partial charge on any atom is 0.303 e. The Morgan fingerprint density at radius 3 is 2.80 bits per heavy atom. The topological polar surface area (TPSA) is 57.5 Å². The van der Waals surface area contributed by atoms with E-state index in [1.54, 1.807) is 0 Å². The molecule has 1 heterocycles. The molecule has 3 atom stereocenters. The van der Waals surface area contributed by atoms with Gasteiger partial charge in [-0.25, -0.2) is 0 Å². The number of aliphatic carboxylic acids is 1. The monoisotopic (exact) mass is 360 g/mol. The summed E-state index contributed by atoms with van der Waals surface area (Å²) in [7, 11) is 0. The minimum atomic E-state index is -0.722. The number of unbranched alkanes of at least 4 members (excludes halogenated alkanes) is 1. The predicted octanol–water partition coefficient (Wildman–Crippen LogP) is 4.33. The van der Waals surface area contributed by atoms with Crippen LogP contribution in [0.3, 0.4) is 0 Å². The largest absolute Gasteiger partial charge is 0.481 e. The first-order valence-corrected chi connectivity index (χ1v) is 10.2. The van der Waals surface area contributed by atoms with Crippen molar-refractivity contribution in [1.82, 2.24) is 0 Å². The van der Waals surface area contributed by atoms with Crippen LogP contribution in [0.4, 0.5) is 0 Å². The van der Waals surface area contributed by atoms with Gasteiger partial charge in [-0.15, -0.1) is 0 Å². The highest BCUT2D eigenvalue weighted by molar-refractivity contribution is 7.99. The van der Waals surface area contributed by atoms with Gasteiger partial charge in [0.05, 0.1) is 6.10 Å². The number of rotatable bonds is 10. The molecule has 4 heteroatoms. The maximum atomic E-state index is 10.5. The number of thioether (sulfide) groups is 1. The van der Waals surface area contributed by atoms with E-state index in [4.69, 9.17) is 5.11 Å². The summed E-state index contributed by atoms with van der Waals surface area (Å²) in [6.07, 6.45) is 11.5. The SMILES string of the molecule is O=C(O)CCCC=CC[C@H]1CSC[C@H]1C=CC(O)Cc1ccccc1. The number of carboxylic acids is 1. The summed E-state index contributed by atoms with van der Waals surface area (Å²) in [5, 5.41) is 18.8. The molecule has 1 aliphatic heterocycles. The molecule has 1 aliphatic rings. The summed E-state index contributed by atoms with van der Waals surface area (Å²) >= 11 is 1.97. The summed E-state index contributed by atoms with van der Waals surface area (Å²) < 4.78 is 0. The van der Waals surface area contributed by atoms with Crippen molar-refractivity contribution in [2.45, 2.75) is 38.2 Å². The van der Waals surface area contributed by atoms with E-state index >= 15 is 0 Å². The molecule has 0 saturated carbocycles. The van der Waals surface area contributed by atoms with Crippen molar-refractivity contribution in [3.63, 3.8) is 0 Å². The molecule has 0 spiro atoms. The molecule has 136 valence electrons. The van der Waals surface area contributed by atoms with Gasteiger partial charge < -0.3 is 10.2 Å². The van der Waals surface area contributed by atoms with Crippen molar-refractivity contribution in [2.75, 3.05) is 11.5 Å². The van der Waals surface area contributed by atoms with Crippen LogP contribution in [-0.2, 0) is 11.2 Å². The lowest BCUT2D eigenvalue weighted by Gasteiger charge is -2.14. The van der Waals surface area contributed by atoms with E-state index in [9.17, 15) is 9.90 Å². The van der Waals surface area contributed by atoms with Crippen molar-refractivity contribution in [1.29, 1.82) is 0 Å². The number of carboxylic acid groups (broad SMARTS) is 1. The van der Waals surface area contributed by atoms with E-state index in [1.165, 1.54) is 0 Å². The van der Waals surface area contributed by atoms with Gasteiger partial charge in [-0.2, -0.15) is 11.8 Å². The number of hydrogen-bond acceptors (Lipinski definition) is 3. The van der Waals surface area contributed by atoms with E-state index in [1.807, 2.05) is 48.2 Å². The van der Waals surface area contributed by atoms with Gasteiger partial charge in [0.2, 0.25) is 0 Å². The second kappa shape index (κ2) is 11.2. The van der Waals surface area contributed by atoms with Gasteiger partial charge in [0.25, 0.3) is 0 Å². The number of aliphatic hydroxyl groups excluding tert-OH is 1. The molecule has 0 aromatic heterocycles. The van der Waals surface area contributed by atoms with Crippen LogP contribution in [0.1, 0.15) is 31.2 Å². The molecular weight excluding hydrogens is 332 g/mol. The van der Waals surface area contributed by atoms with Crippen LogP contribution >= 0.6 is 11.8 Å². The first-order chi connectivity index (χ1) is 12.1. The highest BCUT2D eigenvalue weighted by atomic mass is 32.2. The molecule has 1 aromatic carbocycles. The molecule has 0 radical (unpaired) electrons. The Hall–Kier alpha value is -1.52. The Bertz CT molecular complexity index is 568. The van der Waals surface area contributed by atoms with E-state index in [0.717, 1.165) is 29.9 Å². The van der Waals surface area contributed by atoms with Crippen LogP contribution in [0.5, 0.6) is 0 Å². The van der Waals surface area contributed by atoms with Gasteiger partial charge in [-0.1, -0.05) is 54.6 Å². The summed E-state index contributed by atoms with van der Waals surface area (Å²) in [6, 6.07) is 10.1. The third-order valence-electron chi connectivity index (χ3n) is 4.48. The maximum absolute atomic E-state index is 10.5. The lowest BCUT2D eigenvalue weighted by molar-refractivity contribution is -0.137. The fourth-order valence-corrected chi connectivity index (χ4v) is 4.50.